The third-order valence-corrected chi connectivity index (χ3v) is 2.51. The van der Waals surface area contributed by atoms with Crippen molar-refractivity contribution in [3.63, 3.8) is 0 Å². The normalized spacial score (nSPS) is 13.4. The summed E-state index contributed by atoms with van der Waals surface area (Å²) in [7, 11) is 1.64. The highest BCUT2D eigenvalue weighted by molar-refractivity contribution is 5.49. The van der Waals surface area contributed by atoms with Crippen LogP contribution in [0, 0.1) is 0 Å². The second-order valence-electron chi connectivity index (χ2n) is 4.25. The third-order valence-electron chi connectivity index (χ3n) is 2.51. The maximum Gasteiger partial charge on any atom is 0.120 e. The number of benzene rings is 1. The van der Waals surface area contributed by atoms with Crippen molar-refractivity contribution in [1.82, 2.24) is 0 Å². The predicted octanol–water partition coefficient (Wildman–Crippen LogP) is 2.27. The minimum absolute atomic E-state index is 0.0235. The van der Waals surface area contributed by atoms with Gasteiger partial charge in [0.2, 0.25) is 0 Å². The lowest BCUT2D eigenvalue weighted by atomic mass is 10.0. The standard InChI is InChI=1S/C12H19NO2/c1-9(12(2,3)14)13-10-6-5-7-11(8-10)15-4/h5-9,13-14H,1-4H3. The summed E-state index contributed by atoms with van der Waals surface area (Å²) in [5, 5.41) is 13.0. The van der Waals surface area contributed by atoms with Crippen LogP contribution in [0.25, 0.3) is 0 Å². The Morgan fingerprint density at radius 2 is 2.07 bits per heavy atom. The maximum atomic E-state index is 9.78. The fourth-order valence-electron chi connectivity index (χ4n) is 1.14. The molecule has 0 heterocycles. The Labute approximate surface area is 91.1 Å². The van der Waals surface area contributed by atoms with Crippen molar-refractivity contribution in [3.05, 3.63) is 24.3 Å². The van der Waals surface area contributed by atoms with Gasteiger partial charge in [-0.2, -0.15) is 0 Å². The first-order valence-electron chi connectivity index (χ1n) is 5.06. The first-order chi connectivity index (χ1) is 6.93. The number of rotatable bonds is 4. The van der Waals surface area contributed by atoms with Crippen molar-refractivity contribution in [2.24, 2.45) is 0 Å². The van der Waals surface area contributed by atoms with Gasteiger partial charge in [-0.05, 0) is 32.9 Å². The fraction of sp³-hybridized carbons (Fsp3) is 0.500. The molecule has 0 fully saturated rings. The van der Waals surface area contributed by atoms with E-state index in [9.17, 15) is 5.11 Å². The predicted molar refractivity (Wildman–Crippen MR) is 62.4 cm³/mol. The Bertz CT molecular complexity index is 318. The second kappa shape index (κ2) is 4.53. The largest absolute Gasteiger partial charge is 0.497 e. The Kier molecular flexibility index (Phi) is 3.58. The first kappa shape index (κ1) is 11.9. The number of aliphatic hydroxyl groups is 1. The molecule has 0 bridgehead atoms. The van der Waals surface area contributed by atoms with E-state index in [1.165, 1.54) is 0 Å². The minimum Gasteiger partial charge on any atom is -0.497 e. The van der Waals surface area contributed by atoms with Gasteiger partial charge >= 0.3 is 0 Å². The Balaban J connectivity index is 2.72. The molecule has 1 unspecified atom stereocenters. The molecule has 15 heavy (non-hydrogen) atoms. The Morgan fingerprint density at radius 1 is 1.40 bits per heavy atom. The van der Waals surface area contributed by atoms with Crippen LogP contribution in [0.4, 0.5) is 5.69 Å². The highest BCUT2D eigenvalue weighted by Gasteiger charge is 2.21. The van der Waals surface area contributed by atoms with Gasteiger partial charge in [0.25, 0.3) is 0 Å². The van der Waals surface area contributed by atoms with Gasteiger partial charge in [0.05, 0.1) is 18.8 Å². The van der Waals surface area contributed by atoms with E-state index in [4.69, 9.17) is 4.74 Å². The van der Waals surface area contributed by atoms with Gasteiger partial charge in [-0.1, -0.05) is 6.07 Å². The average Bonchev–Trinajstić information content (AvgIpc) is 2.16. The monoisotopic (exact) mass is 209 g/mol. The summed E-state index contributed by atoms with van der Waals surface area (Å²) in [6.45, 7) is 5.51. The van der Waals surface area contributed by atoms with E-state index in [0.29, 0.717) is 0 Å². The van der Waals surface area contributed by atoms with E-state index in [1.54, 1.807) is 21.0 Å². The van der Waals surface area contributed by atoms with Crippen LogP contribution in [-0.4, -0.2) is 23.9 Å². The number of nitrogens with one attached hydrogen (secondary N) is 1. The van der Waals surface area contributed by atoms with Crippen molar-refractivity contribution < 1.29 is 9.84 Å². The highest BCUT2D eigenvalue weighted by Crippen LogP contribution is 2.20. The summed E-state index contributed by atoms with van der Waals surface area (Å²) in [6.07, 6.45) is 0. The summed E-state index contributed by atoms with van der Waals surface area (Å²) >= 11 is 0. The minimum atomic E-state index is -0.747. The van der Waals surface area contributed by atoms with Gasteiger partial charge in [0.1, 0.15) is 5.75 Å². The molecule has 0 amide bonds. The molecule has 0 saturated carbocycles. The van der Waals surface area contributed by atoms with Gasteiger partial charge in [0.15, 0.2) is 0 Å². The Morgan fingerprint density at radius 3 is 2.60 bits per heavy atom. The van der Waals surface area contributed by atoms with E-state index in [0.717, 1.165) is 11.4 Å². The van der Waals surface area contributed by atoms with Crippen LogP contribution in [0.1, 0.15) is 20.8 Å². The van der Waals surface area contributed by atoms with Crippen LogP contribution in [0.2, 0.25) is 0 Å². The van der Waals surface area contributed by atoms with E-state index in [2.05, 4.69) is 5.32 Å². The van der Waals surface area contributed by atoms with Crippen LogP contribution in [0.3, 0.4) is 0 Å². The summed E-state index contributed by atoms with van der Waals surface area (Å²) in [4.78, 5) is 0. The lowest BCUT2D eigenvalue weighted by molar-refractivity contribution is 0.0649. The molecule has 1 aromatic rings. The molecule has 3 heteroatoms. The zero-order valence-corrected chi connectivity index (χ0v) is 9.74. The van der Waals surface area contributed by atoms with E-state index < -0.39 is 5.60 Å². The zero-order valence-electron chi connectivity index (χ0n) is 9.74. The number of hydrogen-bond donors (Lipinski definition) is 2. The maximum absolute atomic E-state index is 9.78. The molecule has 0 aliphatic carbocycles. The molecule has 1 aromatic carbocycles. The van der Waals surface area contributed by atoms with Gasteiger partial charge < -0.3 is 15.2 Å². The summed E-state index contributed by atoms with van der Waals surface area (Å²) in [5.74, 6) is 0.808. The molecule has 0 aliphatic heterocycles. The second-order valence-corrected chi connectivity index (χ2v) is 4.25. The van der Waals surface area contributed by atoms with Gasteiger partial charge in [-0.3, -0.25) is 0 Å². The molecule has 84 valence electrons. The van der Waals surface area contributed by atoms with Gasteiger partial charge in [-0.15, -0.1) is 0 Å². The molecule has 0 aliphatic rings. The lowest BCUT2D eigenvalue weighted by Crippen LogP contribution is -2.39. The third kappa shape index (κ3) is 3.44. The molecular weight excluding hydrogens is 190 g/mol. The van der Waals surface area contributed by atoms with Crippen LogP contribution < -0.4 is 10.1 Å². The summed E-state index contributed by atoms with van der Waals surface area (Å²) < 4.78 is 5.12. The first-order valence-corrected chi connectivity index (χ1v) is 5.06. The number of ether oxygens (including phenoxy) is 1. The van der Waals surface area contributed by atoms with Crippen LogP contribution >= 0.6 is 0 Å². The van der Waals surface area contributed by atoms with E-state index in [-0.39, 0.29) is 6.04 Å². The number of methoxy groups -OCH3 is 1. The van der Waals surface area contributed by atoms with Crippen molar-refractivity contribution >= 4 is 5.69 Å². The van der Waals surface area contributed by atoms with E-state index >= 15 is 0 Å². The number of hydrogen-bond acceptors (Lipinski definition) is 3. The molecule has 3 nitrogen and oxygen atoms in total. The van der Waals surface area contributed by atoms with Crippen molar-refractivity contribution in [1.29, 1.82) is 0 Å². The summed E-state index contributed by atoms with van der Waals surface area (Å²) in [6, 6.07) is 7.63. The molecule has 0 saturated heterocycles. The van der Waals surface area contributed by atoms with Gasteiger partial charge in [0, 0.05) is 11.8 Å². The summed E-state index contributed by atoms with van der Waals surface area (Å²) in [5.41, 5.74) is 0.201. The van der Waals surface area contributed by atoms with Crippen molar-refractivity contribution in [2.45, 2.75) is 32.4 Å². The number of anilines is 1. The highest BCUT2D eigenvalue weighted by atomic mass is 16.5. The fourth-order valence-corrected chi connectivity index (χ4v) is 1.14. The topological polar surface area (TPSA) is 41.5 Å². The molecule has 2 N–H and O–H groups in total. The van der Waals surface area contributed by atoms with Crippen molar-refractivity contribution in [2.75, 3.05) is 12.4 Å². The zero-order chi connectivity index (χ0) is 11.5. The quantitative estimate of drug-likeness (QED) is 0.799. The molecule has 1 rings (SSSR count). The Hall–Kier alpha value is -1.22. The van der Waals surface area contributed by atoms with Crippen molar-refractivity contribution in [3.8, 4) is 5.75 Å². The lowest BCUT2D eigenvalue weighted by Gasteiger charge is -2.27. The van der Waals surface area contributed by atoms with Crippen LogP contribution in [0.15, 0.2) is 24.3 Å². The SMILES string of the molecule is COc1cccc(NC(C)C(C)(C)O)c1. The molecule has 0 aromatic heterocycles. The smallest absolute Gasteiger partial charge is 0.120 e. The van der Waals surface area contributed by atoms with Crippen LogP contribution in [0.5, 0.6) is 5.75 Å². The molecule has 0 spiro atoms. The molecule has 1 atom stereocenters. The molecular formula is C12H19NO2. The van der Waals surface area contributed by atoms with Gasteiger partial charge in [-0.25, -0.2) is 0 Å². The molecule has 0 radical (unpaired) electrons. The average molecular weight is 209 g/mol. The van der Waals surface area contributed by atoms with E-state index in [1.807, 2.05) is 31.2 Å². The van der Waals surface area contributed by atoms with Crippen LogP contribution in [-0.2, 0) is 0 Å².